The first-order valence-corrected chi connectivity index (χ1v) is 13.5. The molecule has 0 amide bonds. The Morgan fingerprint density at radius 1 is 1.14 bits per heavy atom. The largest absolute Gasteiger partial charge is 0.507 e. The van der Waals surface area contributed by atoms with Crippen LogP contribution in [0, 0.1) is 6.92 Å². The number of nitrogens with zero attached hydrogens (tertiary/aromatic N) is 2. The third-order valence-corrected chi connectivity index (χ3v) is 7.61. The van der Waals surface area contributed by atoms with Crippen LogP contribution in [0.25, 0.3) is 0 Å². The van der Waals surface area contributed by atoms with E-state index in [-0.39, 0.29) is 17.5 Å². The van der Waals surface area contributed by atoms with Crippen molar-refractivity contribution >= 4 is 58.1 Å². The average molecular weight is 608 g/mol. The predicted octanol–water partition coefficient (Wildman–Crippen LogP) is 6.82. The molecule has 1 fully saturated rings. The minimum Gasteiger partial charge on any atom is -0.507 e. The summed E-state index contributed by atoms with van der Waals surface area (Å²) in [6.45, 7) is 8.14. The van der Waals surface area contributed by atoms with Gasteiger partial charge in [0, 0.05) is 11.8 Å². The number of aromatic hydroxyl groups is 1. The second-order valence-electron chi connectivity index (χ2n) is 8.26. The Hall–Kier alpha value is -0.180. The predicted molar refractivity (Wildman–Crippen MR) is 140 cm³/mol. The maximum atomic E-state index is 10.7. The molecule has 0 unspecified atom stereocenters. The van der Waals surface area contributed by atoms with Crippen LogP contribution in [-0.2, 0) is 5.41 Å². The normalized spacial score (nSPS) is 20.6. The van der Waals surface area contributed by atoms with Crippen molar-refractivity contribution in [3.8, 4) is 5.75 Å². The zero-order valence-corrected chi connectivity index (χ0v) is 21.6. The second-order valence-corrected chi connectivity index (χ2v) is 10.4. The zero-order chi connectivity index (χ0) is 20.6. The van der Waals surface area contributed by atoms with Gasteiger partial charge in [-0.25, -0.2) is 0 Å². The lowest BCUT2D eigenvalue weighted by atomic mass is 9.74. The summed E-state index contributed by atoms with van der Waals surface area (Å²) in [5, 5.41) is 10.7. The molecule has 1 saturated carbocycles. The van der Waals surface area contributed by atoms with Gasteiger partial charge in [0.05, 0.1) is 12.1 Å². The number of phenolic OH excluding ortho intramolecular Hbond substituents is 1. The van der Waals surface area contributed by atoms with Crippen molar-refractivity contribution in [3.05, 3.63) is 28.8 Å². The SMILES string of the molecule is C=N[C@H]1CCCC[C@@H]1N=Cc1cc(C(C)(CCCI)CCCI)cc(C)c1O. The minimum atomic E-state index is 0.146. The van der Waals surface area contributed by atoms with Crippen molar-refractivity contribution in [3.63, 3.8) is 0 Å². The molecule has 0 spiro atoms. The number of hydrogen-bond acceptors (Lipinski definition) is 3. The second kappa shape index (κ2) is 11.9. The number of alkyl halides is 2. The van der Waals surface area contributed by atoms with E-state index in [2.05, 4.69) is 75.9 Å². The lowest BCUT2D eigenvalue weighted by Gasteiger charge is -2.31. The van der Waals surface area contributed by atoms with Crippen LogP contribution in [0.1, 0.15) is 75.0 Å². The molecule has 1 aromatic rings. The molecule has 0 aliphatic heterocycles. The van der Waals surface area contributed by atoms with E-state index in [1.54, 1.807) is 0 Å². The maximum Gasteiger partial charge on any atom is 0.127 e. The molecule has 0 heterocycles. The highest BCUT2D eigenvalue weighted by molar-refractivity contribution is 14.1. The molecule has 156 valence electrons. The van der Waals surface area contributed by atoms with Crippen molar-refractivity contribution in [2.75, 3.05) is 8.86 Å². The average Bonchev–Trinajstić information content (AvgIpc) is 2.71. The fourth-order valence-electron chi connectivity index (χ4n) is 4.24. The topological polar surface area (TPSA) is 45.0 Å². The standard InChI is InChI=1S/C23H34I2N2O/c1-17-14-19(23(2,10-6-12-24)11-7-13-25)15-18(22(17)28)16-27-21-9-5-4-8-20(21)26-3/h14-16,20-21,28H,3-13H2,1-2H3/t20-,21-/m0/s1. The monoisotopic (exact) mass is 608 g/mol. The Morgan fingerprint density at radius 2 is 1.75 bits per heavy atom. The van der Waals surface area contributed by atoms with Crippen LogP contribution in [-0.4, -0.2) is 39.0 Å². The number of rotatable bonds is 10. The molecule has 1 N–H and O–H groups in total. The lowest BCUT2D eigenvalue weighted by molar-refractivity contribution is 0.390. The van der Waals surface area contributed by atoms with Crippen LogP contribution in [0.5, 0.6) is 5.75 Å². The van der Waals surface area contributed by atoms with Crippen LogP contribution in [0.2, 0.25) is 0 Å². The van der Waals surface area contributed by atoms with E-state index in [9.17, 15) is 5.11 Å². The number of halogens is 2. The molecule has 28 heavy (non-hydrogen) atoms. The van der Waals surface area contributed by atoms with Crippen LogP contribution < -0.4 is 0 Å². The van der Waals surface area contributed by atoms with Gasteiger partial charge >= 0.3 is 0 Å². The van der Waals surface area contributed by atoms with Gasteiger partial charge < -0.3 is 5.11 Å². The van der Waals surface area contributed by atoms with Gasteiger partial charge in [-0.2, -0.15) is 0 Å². The van der Waals surface area contributed by atoms with Crippen LogP contribution >= 0.6 is 45.2 Å². The summed E-state index contributed by atoms with van der Waals surface area (Å²) in [5.41, 5.74) is 3.27. The van der Waals surface area contributed by atoms with Gasteiger partial charge in [-0.3, -0.25) is 9.98 Å². The summed E-state index contributed by atoms with van der Waals surface area (Å²) in [6.07, 6.45) is 11.2. The Balaban J connectivity index is 2.33. The highest BCUT2D eigenvalue weighted by Gasteiger charge is 2.27. The quantitative estimate of drug-likeness (QED) is 0.177. The smallest absolute Gasteiger partial charge is 0.127 e. The van der Waals surface area contributed by atoms with Crippen molar-refractivity contribution < 1.29 is 5.11 Å². The summed E-state index contributed by atoms with van der Waals surface area (Å²) < 4.78 is 2.36. The van der Waals surface area contributed by atoms with Crippen LogP contribution in [0.4, 0.5) is 0 Å². The summed E-state index contributed by atoms with van der Waals surface area (Å²) in [5.74, 6) is 0.358. The van der Waals surface area contributed by atoms with Crippen molar-refractivity contribution in [2.45, 2.75) is 82.7 Å². The molecule has 0 saturated heterocycles. The first kappa shape index (κ1) is 24.1. The number of aryl methyl sites for hydroxylation is 1. The van der Waals surface area contributed by atoms with Gasteiger partial charge in [-0.1, -0.05) is 71.0 Å². The summed E-state index contributed by atoms with van der Waals surface area (Å²) in [6, 6.07) is 4.76. The molecule has 0 aromatic heterocycles. The fraction of sp³-hybridized carbons (Fsp3) is 0.652. The summed E-state index contributed by atoms with van der Waals surface area (Å²) >= 11 is 4.94. The highest BCUT2D eigenvalue weighted by Crippen LogP contribution is 2.37. The van der Waals surface area contributed by atoms with E-state index in [4.69, 9.17) is 4.99 Å². The van der Waals surface area contributed by atoms with Gasteiger partial charge in [0.2, 0.25) is 0 Å². The van der Waals surface area contributed by atoms with Gasteiger partial charge in [0.25, 0.3) is 0 Å². The summed E-state index contributed by atoms with van der Waals surface area (Å²) in [4.78, 5) is 9.11. The molecule has 5 heteroatoms. The van der Waals surface area contributed by atoms with Gasteiger partial charge in [0.1, 0.15) is 5.75 Å². The number of phenols is 1. The van der Waals surface area contributed by atoms with Gasteiger partial charge in [-0.05, 0) is 83.6 Å². The highest BCUT2D eigenvalue weighted by atomic mass is 127. The molecule has 3 nitrogen and oxygen atoms in total. The summed E-state index contributed by atoms with van der Waals surface area (Å²) in [7, 11) is 0. The van der Waals surface area contributed by atoms with Crippen molar-refractivity contribution in [1.82, 2.24) is 0 Å². The molecule has 2 atom stereocenters. The van der Waals surface area contributed by atoms with E-state index < -0.39 is 0 Å². The Bertz CT molecular complexity index is 667. The molecule has 2 rings (SSSR count). The molecule has 1 aliphatic rings. The van der Waals surface area contributed by atoms with Gasteiger partial charge in [0.15, 0.2) is 0 Å². The van der Waals surface area contributed by atoms with E-state index in [1.165, 1.54) is 52.9 Å². The van der Waals surface area contributed by atoms with Crippen molar-refractivity contribution in [2.24, 2.45) is 9.98 Å². The molecule has 0 radical (unpaired) electrons. The molecule has 1 aliphatic carbocycles. The Morgan fingerprint density at radius 3 is 2.32 bits per heavy atom. The van der Waals surface area contributed by atoms with E-state index in [1.807, 2.05) is 13.1 Å². The first-order chi connectivity index (χ1) is 13.4. The first-order valence-electron chi connectivity index (χ1n) is 10.4. The van der Waals surface area contributed by atoms with E-state index in [0.29, 0.717) is 5.75 Å². The Kier molecular flexibility index (Phi) is 10.2. The van der Waals surface area contributed by atoms with E-state index >= 15 is 0 Å². The lowest BCUT2D eigenvalue weighted by Crippen LogP contribution is -2.26. The maximum absolute atomic E-state index is 10.7. The molecular weight excluding hydrogens is 574 g/mol. The third-order valence-electron chi connectivity index (χ3n) is 6.08. The fourth-order valence-corrected chi connectivity index (χ4v) is 5.00. The van der Waals surface area contributed by atoms with E-state index in [0.717, 1.165) is 24.0 Å². The number of benzene rings is 1. The number of aliphatic imine (C=N–C) groups is 2. The van der Waals surface area contributed by atoms with Crippen molar-refractivity contribution in [1.29, 1.82) is 0 Å². The minimum absolute atomic E-state index is 0.146. The molecule has 1 aromatic carbocycles. The van der Waals surface area contributed by atoms with Gasteiger partial charge in [-0.15, -0.1) is 0 Å². The molecular formula is C23H34I2N2O. The van der Waals surface area contributed by atoms with Crippen LogP contribution in [0.15, 0.2) is 22.1 Å². The van der Waals surface area contributed by atoms with Crippen LogP contribution in [0.3, 0.4) is 0 Å². The third kappa shape index (κ3) is 6.41. The zero-order valence-electron chi connectivity index (χ0n) is 17.3. The Labute approximate surface area is 198 Å². The number of hydrogen-bond donors (Lipinski definition) is 1. The molecule has 0 bridgehead atoms.